The summed E-state index contributed by atoms with van der Waals surface area (Å²) >= 11 is 4.74. The van der Waals surface area contributed by atoms with E-state index in [9.17, 15) is 4.79 Å². The molecule has 1 aliphatic rings. The third kappa shape index (κ3) is 2.98. The Balaban J connectivity index is 1.69. The molecular formula is C13H14N6O2S. The number of ether oxygens (including phenoxy) is 1. The molecule has 3 rings (SSSR count). The van der Waals surface area contributed by atoms with Gasteiger partial charge in [0, 0.05) is 5.69 Å². The maximum absolute atomic E-state index is 11.9. The highest BCUT2D eigenvalue weighted by Gasteiger charge is 2.32. The van der Waals surface area contributed by atoms with Crippen LogP contribution in [-0.2, 0) is 4.74 Å². The molecule has 9 heteroatoms. The van der Waals surface area contributed by atoms with Crippen molar-refractivity contribution < 1.29 is 9.53 Å². The number of nitrogens with zero attached hydrogens (tertiary/aromatic N) is 4. The summed E-state index contributed by atoms with van der Waals surface area (Å²) in [6, 6.07) is 7.39. The summed E-state index contributed by atoms with van der Waals surface area (Å²) in [6.45, 7) is 0.839. The number of carbonyl (C=O) groups is 1. The van der Waals surface area contributed by atoms with E-state index in [0.717, 1.165) is 11.4 Å². The standard InChI is InChI=1S/C13H14N6O2S/c14-12(22)16-5-11-6-18(13(20)21-11)9-1-3-10(4-2-9)19-8-15-7-17-19/h1-4,7-8,11H,5-6H2,(H3,14,16,22)/t11-/m0/s1. The SMILES string of the molecule is NC(=S)NC[C@H]1CN(c2ccc(-n3cncn3)cc2)C(=O)O1. The third-order valence-corrected chi connectivity index (χ3v) is 3.37. The zero-order valence-corrected chi connectivity index (χ0v) is 12.4. The molecule has 1 aromatic heterocycles. The molecule has 1 amide bonds. The van der Waals surface area contributed by atoms with Crippen molar-refractivity contribution in [1.29, 1.82) is 0 Å². The number of carbonyl (C=O) groups excluding carboxylic acids is 1. The average Bonchev–Trinajstić information content (AvgIpc) is 3.15. The Morgan fingerprint density at radius 3 is 2.77 bits per heavy atom. The second-order valence-electron chi connectivity index (χ2n) is 4.72. The average molecular weight is 318 g/mol. The van der Waals surface area contributed by atoms with E-state index in [1.54, 1.807) is 15.9 Å². The Kier molecular flexibility index (Phi) is 3.88. The normalized spacial score (nSPS) is 17.4. The van der Waals surface area contributed by atoms with Crippen molar-refractivity contribution in [3.63, 3.8) is 0 Å². The van der Waals surface area contributed by atoms with E-state index in [1.165, 1.54) is 6.33 Å². The number of aromatic nitrogens is 3. The number of benzene rings is 1. The summed E-state index contributed by atoms with van der Waals surface area (Å²) < 4.78 is 6.90. The number of nitrogens with two attached hydrogens (primary N) is 1. The van der Waals surface area contributed by atoms with Gasteiger partial charge >= 0.3 is 6.09 Å². The predicted molar refractivity (Wildman–Crippen MR) is 83.8 cm³/mol. The summed E-state index contributed by atoms with van der Waals surface area (Å²) in [5.41, 5.74) is 6.98. The molecule has 3 N–H and O–H groups in total. The first-order chi connectivity index (χ1) is 10.6. The topological polar surface area (TPSA) is 98.3 Å². The fraction of sp³-hybridized carbons (Fsp3) is 0.231. The molecular weight excluding hydrogens is 304 g/mol. The number of anilines is 1. The zero-order valence-electron chi connectivity index (χ0n) is 11.5. The molecule has 0 radical (unpaired) electrons. The number of hydrogen-bond donors (Lipinski definition) is 2. The minimum Gasteiger partial charge on any atom is -0.442 e. The van der Waals surface area contributed by atoms with E-state index in [-0.39, 0.29) is 17.3 Å². The van der Waals surface area contributed by atoms with Crippen LogP contribution in [0.4, 0.5) is 10.5 Å². The highest BCUT2D eigenvalue weighted by atomic mass is 32.1. The lowest BCUT2D eigenvalue weighted by Gasteiger charge is -2.13. The Labute approximate surface area is 131 Å². The van der Waals surface area contributed by atoms with Crippen molar-refractivity contribution in [2.75, 3.05) is 18.0 Å². The molecule has 0 saturated carbocycles. The van der Waals surface area contributed by atoms with Gasteiger partial charge in [0.1, 0.15) is 18.8 Å². The van der Waals surface area contributed by atoms with Gasteiger partial charge in [0.05, 0.1) is 18.8 Å². The van der Waals surface area contributed by atoms with E-state index < -0.39 is 0 Å². The molecule has 2 aromatic rings. The molecule has 22 heavy (non-hydrogen) atoms. The monoisotopic (exact) mass is 318 g/mol. The Bertz CT molecular complexity index is 672. The molecule has 0 spiro atoms. The maximum Gasteiger partial charge on any atom is 0.414 e. The van der Waals surface area contributed by atoms with Crippen LogP contribution < -0.4 is 16.0 Å². The molecule has 2 heterocycles. The van der Waals surface area contributed by atoms with Crippen LogP contribution in [0, 0.1) is 0 Å². The summed E-state index contributed by atoms with van der Waals surface area (Å²) in [6.07, 6.45) is 2.40. The lowest BCUT2D eigenvalue weighted by atomic mass is 10.2. The molecule has 114 valence electrons. The number of nitrogens with one attached hydrogen (secondary N) is 1. The summed E-state index contributed by atoms with van der Waals surface area (Å²) in [5, 5.41) is 7.03. The van der Waals surface area contributed by atoms with Gasteiger partial charge in [-0.25, -0.2) is 14.5 Å². The molecule has 1 aromatic carbocycles. The minimum absolute atomic E-state index is 0.187. The quantitative estimate of drug-likeness (QED) is 0.789. The van der Waals surface area contributed by atoms with E-state index in [2.05, 4.69) is 15.4 Å². The highest BCUT2D eigenvalue weighted by molar-refractivity contribution is 7.80. The van der Waals surface area contributed by atoms with E-state index >= 15 is 0 Å². The number of cyclic esters (lactones) is 1. The summed E-state index contributed by atoms with van der Waals surface area (Å²) in [5.74, 6) is 0. The molecule has 1 aliphatic heterocycles. The largest absolute Gasteiger partial charge is 0.442 e. The Hall–Kier alpha value is -2.68. The highest BCUT2D eigenvalue weighted by Crippen LogP contribution is 2.22. The smallest absolute Gasteiger partial charge is 0.414 e. The predicted octanol–water partition coefficient (Wildman–Crippen LogP) is 0.426. The van der Waals surface area contributed by atoms with Crippen molar-refractivity contribution in [2.45, 2.75) is 6.10 Å². The molecule has 8 nitrogen and oxygen atoms in total. The number of hydrogen-bond acceptors (Lipinski definition) is 5. The van der Waals surface area contributed by atoms with Crippen LogP contribution in [0.3, 0.4) is 0 Å². The van der Waals surface area contributed by atoms with Crippen LogP contribution in [0.2, 0.25) is 0 Å². The van der Waals surface area contributed by atoms with E-state index in [1.807, 2.05) is 24.3 Å². The molecule has 0 aliphatic carbocycles. The van der Waals surface area contributed by atoms with Gasteiger partial charge in [0.15, 0.2) is 5.11 Å². The van der Waals surface area contributed by atoms with Crippen molar-refractivity contribution in [1.82, 2.24) is 20.1 Å². The van der Waals surface area contributed by atoms with Crippen LogP contribution in [0.25, 0.3) is 5.69 Å². The summed E-state index contributed by atoms with van der Waals surface area (Å²) in [4.78, 5) is 17.4. The molecule has 1 fully saturated rings. The second-order valence-corrected chi connectivity index (χ2v) is 5.16. The van der Waals surface area contributed by atoms with Crippen molar-refractivity contribution >= 4 is 29.1 Å². The third-order valence-electron chi connectivity index (χ3n) is 3.22. The zero-order chi connectivity index (χ0) is 15.5. The van der Waals surface area contributed by atoms with E-state index in [0.29, 0.717) is 13.1 Å². The second kappa shape index (κ2) is 5.98. The van der Waals surface area contributed by atoms with Gasteiger partial charge in [0.25, 0.3) is 0 Å². The number of amides is 1. The van der Waals surface area contributed by atoms with E-state index in [4.69, 9.17) is 22.7 Å². The fourth-order valence-electron chi connectivity index (χ4n) is 2.18. The van der Waals surface area contributed by atoms with Crippen molar-refractivity contribution in [3.8, 4) is 5.69 Å². The molecule has 0 unspecified atom stereocenters. The van der Waals surface area contributed by atoms with Gasteiger partial charge in [-0.15, -0.1) is 0 Å². The van der Waals surface area contributed by atoms with Crippen LogP contribution in [-0.4, -0.2) is 45.2 Å². The summed E-state index contributed by atoms with van der Waals surface area (Å²) in [7, 11) is 0. The van der Waals surface area contributed by atoms with Gasteiger partial charge in [-0.2, -0.15) is 5.10 Å². The van der Waals surface area contributed by atoms with Crippen LogP contribution in [0.5, 0.6) is 0 Å². The van der Waals surface area contributed by atoms with Gasteiger partial charge in [0.2, 0.25) is 0 Å². The first-order valence-corrected chi connectivity index (χ1v) is 7.01. The number of rotatable bonds is 4. The fourth-order valence-corrected chi connectivity index (χ4v) is 2.26. The van der Waals surface area contributed by atoms with Gasteiger partial charge < -0.3 is 15.8 Å². The van der Waals surface area contributed by atoms with Crippen molar-refractivity contribution in [2.24, 2.45) is 5.73 Å². The Morgan fingerprint density at radius 1 is 1.41 bits per heavy atom. The molecule has 1 atom stereocenters. The lowest BCUT2D eigenvalue weighted by molar-refractivity contribution is 0.143. The van der Waals surface area contributed by atoms with Crippen LogP contribution in [0.15, 0.2) is 36.9 Å². The molecule has 0 bridgehead atoms. The first-order valence-electron chi connectivity index (χ1n) is 6.60. The molecule has 1 saturated heterocycles. The van der Waals surface area contributed by atoms with Gasteiger partial charge in [-0.3, -0.25) is 4.90 Å². The van der Waals surface area contributed by atoms with Gasteiger partial charge in [-0.1, -0.05) is 0 Å². The van der Waals surface area contributed by atoms with Gasteiger partial charge in [-0.05, 0) is 36.5 Å². The Morgan fingerprint density at radius 2 is 2.14 bits per heavy atom. The number of thiocarbonyl (C=S) groups is 1. The lowest BCUT2D eigenvalue weighted by Crippen LogP contribution is -2.37. The van der Waals surface area contributed by atoms with Crippen LogP contribution >= 0.6 is 12.2 Å². The minimum atomic E-state index is -0.386. The van der Waals surface area contributed by atoms with Crippen LogP contribution in [0.1, 0.15) is 0 Å². The maximum atomic E-state index is 11.9. The van der Waals surface area contributed by atoms with Crippen molar-refractivity contribution in [3.05, 3.63) is 36.9 Å². The first kappa shape index (κ1) is 14.3.